The summed E-state index contributed by atoms with van der Waals surface area (Å²) in [6.07, 6.45) is 2.65. The van der Waals surface area contributed by atoms with Crippen molar-refractivity contribution < 1.29 is 9.53 Å². The number of hydrogen-bond donors (Lipinski definition) is 1. The standard InChI is InChI=1S/C26H29N5O2/c1-17-16-30(10-11-31(17)24(32)9-12-33-2)26-20(15-27)13-21(25(29-26)18-7-8-18)23-14-19-5-3-4-6-22(19)28-23/h3-6,13-14,17-18,28H,7-12,16H2,1-2H3/t17-/m1/s1. The summed E-state index contributed by atoms with van der Waals surface area (Å²) in [7, 11) is 1.61. The molecule has 2 aliphatic rings. The minimum Gasteiger partial charge on any atom is -0.384 e. The molecule has 1 aromatic carbocycles. The molecule has 5 rings (SSSR count). The Bertz CT molecular complexity index is 1190. The molecule has 0 radical (unpaired) electrons. The van der Waals surface area contributed by atoms with Crippen LogP contribution in [0.2, 0.25) is 0 Å². The van der Waals surface area contributed by atoms with E-state index >= 15 is 0 Å². The number of carbonyl (C=O) groups excluding carboxylic acids is 1. The van der Waals surface area contributed by atoms with Gasteiger partial charge >= 0.3 is 0 Å². The summed E-state index contributed by atoms with van der Waals surface area (Å²) < 4.78 is 5.06. The molecule has 1 atom stereocenters. The smallest absolute Gasteiger partial charge is 0.225 e. The highest BCUT2D eigenvalue weighted by Gasteiger charge is 2.33. The molecule has 170 valence electrons. The molecule has 1 aliphatic carbocycles. The third kappa shape index (κ3) is 4.19. The number of amides is 1. The number of hydrogen-bond acceptors (Lipinski definition) is 5. The van der Waals surface area contributed by atoms with Crippen molar-refractivity contribution in [3.05, 3.63) is 47.7 Å². The number of piperazine rings is 1. The van der Waals surface area contributed by atoms with Crippen molar-refractivity contribution >= 4 is 22.6 Å². The molecule has 3 aromatic rings. The largest absolute Gasteiger partial charge is 0.384 e. The molecule has 0 bridgehead atoms. The van der Waals surface area contributed by atoms with Crippen molar-refractivity contribution in [2.45, 2.75) is 38.1 Å². The quantitative estimate of drug-likeness (QED) is 0.621. The van der Waals surface area contributed by atoms with Gasteiger partial charge in [0.15, 0.2) is 0 Å². The summed E-state index contributed by atoms with van der Waals surface area (Å²) >= 11 is 0. The summed E-state index contributed by atoms with van der Waals surface area (Å²) in [5.41, 5.74) is 4.77. The van der Waals surface area contributed by atoms with E-state index in [1.165, 1.54) is 0 Å². The van der Waals surface area contributed by atoms with Gasteiger partial charge in [-0.15, -0.1) is 0 Å². The molecule has 2 aromatic heterocycles. The van der Waals surface area contributed by atoms with Crippen LogP contribution in [0.3, 0.4) is 0 Å². The van der Waals surface area contributed by atoms with Crippen molar-refractivity contribution in [3.8, 4) is 17.3 Å². The first-order valence-electron chi connectivity index (χ1n) is 11.7. The molecular weight excluding hydrogens is 414 g/mol. The number of nitriles is 1. The lowest BCUT2D eigenvalue weighted by atomic mass is 10.0. The van der Waals surface area contributed by atoms with E-state index in [-0.39, 0.29) is 11.9 Å². The number of nitrogens with one attached hydrogen (secondary N) is 1. The van der Waals surface area contributed by atoms with Crippen LogP contribution >= 0.6 is 0 Å². The number of benzene rings is 1. The zero-order chi connectivity index (χ0) is 22.9. The van der Waals surface area contributed by atoms with E-state index in [1.807, 2.05) is 23.1 Å². The fraction of sp³-hybridized carbons (Fsp3) is 0.423. The average Bonchev–Trinajstić information content (AvgIpc) is 3.59. The maximum atomic E-state index is 12.5. The van der Waals surface area contributed by atoms with Gasteiger partial charge in [-0.1, -0.05) is 18.2 Å². The summed E-state index contributed by atoms with van der Waals surface area (Å²) in [4.78, 5) is 25.2. The molecule has 3 heterocycles. The molecule has 1 saturated carbocycles. The van der Waals surface area contributed by atoms with E-state index in [0.29, 0.717) is 44.1 Å². The number of aromatic amines is 1. The highest BCUT2D eigenvalue weighted by Crippen LogP contribution is 2.45. The molecule has 7 nitrogen and oxygen atoms in total. The van der Waals surface area contributed by atoms with Crippen LogP contribution in [-0.2, 0) is 9.53 Å². The Morgan fingerprint density at radius 1 is 1.27 bits per heavy atom. The van der Waals surface area contributed by atoms with Crippen LogP contribution < -0.4 is 4.90 Å². The zero-order valence-corrected chi connectivity index (χ0v) is 19.2. The van der Waals surface area contributed by atoms with Crippen LogP contribution in [0.15, 0.2) is 36.4 Å². The Morgan fingerprint density at radius 2 is 2.09 bits per heavy atom. The Morgan fingerprint density at radius 3 is 2.79 bits per heavy atom. The van der Waals surface area contributed by atoms with Gasteiger partial charge in [0, 0.05) is 60.9 Å². The van der Waals surface area contributed by atoms with E-state index in [1.54, 1.807) is 7.11 Å². The summed E-state index contributed by atoms with van der Waals surface area (Å²) in [6.45, 7) is 4.45. The minimum atomic E-state index is 0.0502. The molecule has 0 spiro atoms. The number of fused-ring (bicyclic) bond motifs is 1. The summed E-state index contributed by atoms with van der Waals surface area (Å²) in [5, 5.41) is 11.2. The Labute approximate surface area is 194 Å². The zero-order valence-electron chi connectivity index (χ0n) is 19.2. The number of ether oxygens (including phenoxy) is 1. The molecule has 1 amide bonds. The van der Waals surface area contributed by atoms with Gasteiger partial charge in [0.05, 0.1) is 24.3 Å². The monoisotopic (exact) mass is 443 g/mol. The highest BCUT2D eigenvalue weighted by molar-refractivity contribution is 5.87. The van der Waals surface area contributed by atoms with Crippen LogP contribution in [0.1, 0.15) is 43.4 Å². The number of anilines is 1. The lowest BCUT2D eigenvalue weighted by Gasteiger charge is -2.41. The fourth-order valence-electron chi connectivity index (χ4n) is 4.80. The van der Waals surface area contributed by atoms with Crippen LogP contribution in [-0.4, -0.2) is 60.2 Å². The van der Waals surface area contributed by atoms with Crippen molar-refractivity contribution in [2.24, 2.45) is 0 Å². The van der Waals surface area contributed by atoms with Gasteiger partial charge in [-0.25, -0.2) is 4.98 Å². The van der Waals surface area contributed by atoms with Gasteiger partial charge in [0.25, 0.3) is 0 Å². The number of aromatic nitrogens is 2. The number of para-hydroxylation sites is 1. The van der Waals surface area contributed by atoms with Gasteiger partial charge in [0.1, 0.15) is 11.9 Å². The van der Waals surface area contributed by atoms with Gasteiger partial charge < -0.3 is 19.5 Å². The van der Waals surface area contributed by atoms with E-state index in [9.17, 15) is 10.1 Å². The fourth-order valence-corrected chi connectivity index (χ4v) is 4.80. The summed E-state index contributed by atoms with van der Waals surface area (Å²) in [5.74, 6) is 1.30. The Balaban J connectivity index is 1.46. The molecule has 1 saturated heterocycles. The van der Waals surface area contributed by atoms with Crippen molar-refractivity contribution in [1.82, 2.24) is 14.9 Å². The minimum absolute atomic E-state index is 0.0502. The second-order valence-corrected chi connectivity index (χ2v) is 9.07. The first kappa shape index (κ1) is 21.5. The van der Waals surface area contributed by atoms with Crippen molar-refractivity contribution in [3.63, 3.8) is 0 Å². The third-order valence-electron chi connectivity index (χ3n) is 6.70. The molecule has 1 aliphatic heterocycles. The number of nitrogens with zero attached hydrogens (tertiary/aromatic N) is 4. The van der Waals surface area contributed by atoms with Crippen LogP contribution in [0.4, 0.5) is 5.82 Å². The highest BCUT2D eigenvalue weighted by atomic mass is 16.5. The normalized spacial score (nSPS) is 18.5. The second-order valence-electron chi connectivity index (χ2n) is 9.07. The molecule has 33 heavy (non-hydrogen) atoms. The van der Waals surface area contributed by atoms with Crippen LogP contribution in [0.5, 0.6) is 0 Å². The third-order valence-corrected chi connectivity index (χ3v) is 6.70. The molecule has 1 N–H and O–H groups in total. The van der Waals surface area contributed by atoms with E-state index in [4.69, 9.17) is 9.72 Å². The van der Waals surface area contributed by atoms with Crippen molar-refractivity contribution in [2.75, 3.05) is 38.3 Å². The Kier molecular flexibility index (Phi) is 5.77. The second kappa shape index (κ2) is 8.87. The predicted octanol–water partition coefficient (Wildman–Crippen LogP) is 4.05. The molecular formula is C26H29N5O2. The number of H-pyrrole nitrogens is 1. The Hall–Kier alpha value is -3.37. The number of pyridine rings is 1. The molecule has 2 fully saturated rings. The SMILES string of the molecule is COCCC(=O)N1CCN(c2nc(C3CC3)c(-c3cc4ccccc4[nH]3)cc2C#N)C[C@H]1C. The van der Waals surface area contributed by atoms with Gasteiger partial charge in [0.2, 0.25) is 5.91 Å². The summed E-state index contributed by atoms with van der Waals surface area (Å²) in [6, 6.07) is 14.8. The number of carbonyl (C=O) groups is 1. The average molecular weight is 444 g/mol. The first-order valence-corrected chi connectivity index (χ1v) is 11.7. The lowest BCUT2D eigenvalue weighted by Crippen LogP contribution is -2.54. The molecule has 7 heteroatoms. The number of rotatable bonds is 6. The lowest BCUT2D eigenvalue weighted by molar-refractivity contribution is -0.134. The van der Waals surface area contributed by atoms with Crippen LogP contribution in [0.25, 0.3) is 22.2 Å². The topological polar surface area (TPSA) is 85.2 Å². The predicted molar refractivity (Wildman–Crippen MR) is 128 cm³/mol. The van der Waals surface area contributed by atoms with Gasteiger partial charge in [-0.05, 0) is 38.0 Å². The van der Waals surface area contributed by atoms with Crippen molar-refractivity contribution in [1.29, 1.82) is 5.26 Å². The van der Waals surface area contributed by atoms with Gasteiger partial charge in [-0.3, -0.25) is 4.79 Å². The van der Waals surface area contributed by atoms with Gasteiger partial charge in [-0.2, -0.15) is 5.26 Å². The van der Waals surface area contributed by atoms with E-state index < -0.39 is 0 Å². The molecule has 0 unspecified atom stereocenters. The number of methoxy groups -OCH3 is 1. The van der Waals surface area contributed by atoms with E-state index in [2.05, 4.69) is 41.1 Å². The van der Waals surface area contributed by atoms with E-state index in [0.717, 1.165) is 46.5 Å². The van der Waals surface area contributed by atoms with Crippen LogP contribution in [0, 0.1) is 11.3 Å². The maximum Gasteiger partial charge on any atom is 0.225 e. The maximum absolute atomic E-state index is 12.5. The first-order chi connectivity index (χ1) is 16.1.